The average Bonchev–Trinajstić information content (AvgIpc) is 3.15. The summed E-state index contributed by atoms with van der Waals surface area (Å²) in [7, 11) is 2.03. The zero-order chi connectivity index (χ0) is 14.7. The number of rotatable bonds is 6. The molecule has 0 bridgehead atoms. The van der Waals surface area contributed by atoms with E-state index in [2.05, 4.69) is 34.5 Å². The fraction of sp³-hybridized carbons (Fsp3) is 0.389. The smallest absolute Gasteiger partial charge is 0.176 e. The Morgan fingerprint density at radius 3 is 2.90 bits per heavy atom. The molecule has 1 aliphatic carbocycles. The second-order valence-corrected chi connectivity index (χ2v) is 6.86. The first-order valence-corrected chi connectivity index (χ1v) is 8.46. The minimum atomic E-state index is 0.235. The van der Waals surface area contributed by atoms with Crippen molar-refractivity contribution in [1.29, 1.82) is 0 Å². The van der Waals surface area contributed by atoms with Crippen molar-refractivity contribution in [2.24, 2.45) is 0 Å². The van der Waals surface area contributed by atoms with E-state index in [9.17, 15) is 4.79 Å². The van der Waals surface area contributed by atoms with E-state index < -0.39 is 0 Å². The van der Waals surface area contributed by atoms with Crippen LogP contribution in [0.5, 0.6) is 0 Å². The normalized spacial score (nSPS) is 13.6. The van der Waals surface area contributed by atoms with Crippen LogP contribution >= 0.6 is 11.3 Å². The van der Waals surface area contributed by atoms with Gasteiger partial charge in [-0.15, -0.1) is 11.3 Å². The van der Waals surface area contributed by atoms with Crippen LogP contribution in [0.2, 0.25) is 0 Å². The number of thiophene rings is 1. The molecule has 2 aromatic rings. The summed E-state index contributed by atoms with van der Waals surface area (Å²) in [5.74, 6) is 0.235. The Labute approximate surface area is 130 Å². The van der Waals surface area contributed by atoms with Crippen molar-refractivity contribution in [2.75, 3.05) is 20.1 Å². The van der Waals surface area contributed by atoms with E-state index in [1.54, 1.807) is 11.3 Å². The molecule has 1 heterocycles. The first-order chi connectivity index (χ1) is 10.2. The number of fused-ring (bicyclic) bond motifs is 1. The van der Waals surface area contributed by atoms with E-state index in [0.29, 0.717) is 6.54 Å². The summed E-state index contributed by atoms with van der Waals surface area (Å²) in [5, 5.41) is 2.10. The van der Waals surface area contributed by atoms with Crippen LogP contribution in [0.3, 0.4) is 0 Å². The van der Waals surface area contributed by atoms with Gasteiger partial charge in [-0.05, 0) is 61.4 Å². The third-order valence-electron chi connectivity index (χ3n) is 4.15. The first-order valence-electron chi connectivity index (χ1n) is 7.58. The molecule has 0 saturated heterocycles. The number of hydrogen-bond acceptors (Lipinski definition) is 3. The molecule has 110 valence electrons. The van der Waals surface area contributed by atoms with Gasteiger partial charge in [0.15, 0.2) is 5.78 Å². The van der Waals surface area contributed by atoms with E-state index in [1.165, 1.54) is 28.8 Å². The molecular formula is C18H21NOS. The number of hydrogen-bond donors (Lipinski definition) is 0. The Balaban J connectivity index is 1.55. The maximum absolute atomic E-state index is 12.4. The highest BCUT2D eigenvalue weighted by atomic mass is 32.1. The number of carbonyl (C=O) groups excluding carboxylic acids is 1. The number of aryl methyl sites for hydroxylation is 2. The Bertz CT molecular complexity index is 618. The molecule has 0 amide bonds. The van der Waals surface area contributed by atoms with E-state index >= 15 is 0 Å². The third-order valence-corrected chi connectivity index (χ3v) is 5.09. The largest absolute Gasteiger partial charge is 0.299 e. The Morgan fingerprint density at radius 2 is 2.10 bits per heavy atom. The first kappa shape index (κ1) is 14.5. The van der Waals surface area contributed by atoms with Gasteiger partial charge < -0.3 is 0 Å². The molecule has 1 aromatic heterocycles. The average molecular weight is 299 g/mol. The molecule has 2 nitrogen and oxygen atoms in total. The standard InChI is InChI=1S/C18H21NOS/c1-19(10-9-17-6-3-11-21-17)13-18(20)16-8-7-14-4-2-5-15(14)12-16/h3,6-8,11-12H,2,4-5,9-10,13H2,1H3. The van der Waals surface area contributed by atoms with Gasteiger partial charge in [-0.2, -0.15) is 0 Å². The van der Waals surface area contributed by atoms with Crippen LogP contribution in [0.15, 0.2) is 35.7 Å². The summed E-state index contributed by atoms with van der Waals surface area (Å²) in [5.41, 5.74) is 3.68. The number of nitrogens with zero attached hydrogens (tertiary/aromatic N) is 1. The second-order valence-electron chi connectivity index (χ2n) is 5.83. The van der Waals surface area contributed by atoms with Crippen molar-refractivity contribution in [2.45, 2.75) is 25.7 Å². The van der Waals surface area contributed by atoms with E-state index in [0.717, 1.165) is 24.9 Å². The van der Waals surface area contributed by atoms with Crippen molar-refractivity contribution < 1.29 is 4.79 Å². The van der Waals surface area contributed by atoms with E-state index in [4.69, 9.17) is 0 Å². The Morgan fingerprint density at radius 1 is 1.24 bits per heavy atom. The van der Waals surface area contributed by atoms with Crippen LogP contribution in [0.4, 0.5) is 0 Å². The van der Waals surface area contributed by atoms with Crippen molar-refractivity contribution in [3.8, 4) is 0 Å². The Hall–Kier alpha value is -1.45. The third kappa shape index (κ3) is 3.60. The maximum atomic E-state index is 12.4. The SMILES string of the molecule is CN(CCc1cccs1)CC(=O)c1ccc2c(c1)CCC2. The highest BCUT2D eigenvalue weighted by molar-refractivity contribution is 7.09. The number of likely N-dealkylation sites (N-methyl/N-ethyl adjacent to an activating group) is 1. The molecular weight excluding hydrogens is 278 g/mol. The molecule has 1 aromatic carbocycles. The van der Waals surface area contributed by atoms with Gasteiger partial charge in [-0.25, -0.2) is 0 Å². The van der Waals surface area contributed by atoms with E-state index in [1.807, 2.05) is 13.1 Å². The van der Waals surface area contributed by atoms with Gasteiger partial charge in [0, 0.05) is 17.0 Å². The van der Waals surface area contributed by atoms with Crippen LogP contribution in [0.25, 0.3) is 0 Å². The predicted octanol–water partition coefficient (Wildman–Crippen LogP) is 3.59. The lowest BCUT2D eigenvalue weighted by molar-refractivity contribution is 0.0947. The number of benzene rings is 1. The van der Waals surface area contributed by atoms with Gasteiger partial charge in [0.2, 0.25) is 0 Å². The summed E-state index contributed by atoms with van der Waals surface area (Å²) < 4.78 is 0. The number of carbonyl (C=O) groups is 1. The van der Waals surface area contributed by atoms with Crippen molar-refractivity contribution in [1.82, 2.24) is 4.90 Å². The van der Waals surface area contributed by atoms with Crippen molar-refractivity contribution in [3.63, 3.8) is 0 Å². The lowest BCUT2D eigenvalue weighted by Gasteiger charge is -2.15. The second kappa shape index (κ2) is 6.54. The molecule has 0 radical (unpaired) electrons. The summed E-state index contributed by atoms with van der Waals surface area (Å²) in [6.45, 7) is 1.43. The van der Waals surface area contributed by atoms with Gasteiger partial charge in [-0.3, -0.25) is 9.69 Å². The predicted molar refractivity (Wildman–Crippen MR) is 88.3 cm³/mol. The minimum absolute atomic E-state index is 0.235. The molecule has 3 rings (SSSR count). The van der Waals surface area contributed by atoms with Crippen molar-refractivity contribution in [3.05, 3.63) is 57.3 Å². The summed E-state index contributed by atoms with van der Waals surface area (Å²) >= 11 is 1.78. The topological polar surface area (TPSA) is 20.3 Å². The highest BCUT2D eigenvalue weighted by Gasteiger charge is 2.15. The van der Waals surface area contributed by atoms with E-state index in [-0.39, 0.29) is 5.78 Å². The molecule has 0 fully saturated rings. The number of Topliss-reactive ketones (excluding diaryl/α,β-unsaturated/α-hetero) is 1. The quantitative estimate of drug-likeness (QED) is 0.760. The summed E-state index contributed by atoms with van der Waals surface area (Å²) in [6, 6.07) is 10.5. The van der Waals surface area contributed by atoms with Gasteiger partial charge in [0.25, 0.3) is 0 Å². The van der Waals surface area contributed by atoms with Gasteiger partial charge >= 0.3 is 0 Å². The fourth-order valence-corrected chi connectivity index (χ4v) is 3.61. The van der Waals surface area contributed by atoms with Gasteiger partial charge in [0.1, 0.15) is 0 Å². The summed E-state index contributed by atoms with van der Waals surface area (Å²) in [4.78, 5) is 15.9. The van der Waals surface area contributed by atoms with Crippen LogP contribution in [0.1, 0.15) is 32.8 Å². The molecule has 0 saturated carbocycles. The zero-order valence-corrected chi connectivity index (χ0v) is 13.3. The molecule has 0 spiro atoms. The molecule has 3 heteroatoms. The van der Waals surface area contributed by atoms with Crippen LogP contribution in [-0.4, -0.2) is 30.8 Å². The lowest BCUT2D eigenvalue weighted by atomic mass is 10.0. The highest BCUT2D eigenvalue weighted by Crippen LogP contribution is 2.23. The molecule has 21 heavy (non-hydrogen) atoms. The molecule has 1 aliphatic rings. The fourth-order valence-electron chi connectivity index (χ4n) is 2.92. The Kier molecular flexibility index (Phi) is 4.51. The minimum Gasteiger partial charge on any atom is -0.299 e. The van der Waals surface area contributed by atoms with Gasteiger partial charge in [0.05, 0.1) is 6.54 Å². The van der Waals surface area contributed by atoms with Crippen LogP contribution < -0.4 is 0 Å². The molecule has 0 N–H and O–H groups in total. The molecule has 0 unspecified atom stereocenters. The monoisotopic (exact) mass is 299 g/mol. The molecule has 0 atom stereocenters. The van der Waals surface area contributed by atoms with Crippen LogP contribution in [0, 0.1) is 0 Å². The lowest BCUT2D eigenvalue weighted by Crippen LogP contribution is -2.28. The van der Waals surface area contributed by atoms with Crippen molar-refractivity contribution >= 4 is 17.1 Å². The van der Waals surface area contributed by atoms with Gasteiger partial charge in [-0.1, -0.05) is 18.2 Å². The van der Waals surface area contributed by atoms with Crippen LogP contribution in [-0.2, 0) is 19.3 Å². The maximum Gasteiger partial charge on any atom is 0.176 e. The number of ketones is 1. The zero-order valence-electron chi connectivity index (χ0n) is 12.5. The summed E-state index contributed by atoms with van der Waals surface area (Å²) in [6.07, 6.45) is 4.55. The molecule has 0 aliphatic heterocycles.